The number of hydrogen-bond acceptors (Lipinski definition) is 1. The van der Waals surface area contributed by atoms with Crippen molar-refractivity contribution in [3.63, 3.8) is 0 Å². The fraction of sp³-hybridized carbons (Fsp3) is 1.00. The molecule has 33 valence electrons. The van der Waals surface area contributed by atoms with Gasteiger partial charge in [-0.1, -0.05) is 0 Å². The van der Waals surface area contributed by atoms with Gasteiger partial charge >= 0.3 is 19.5 Å². The molecule has 0 unspecified atom stereocenters. The van der Waals surface area contributed by atoms with Crippen molar-refractivity contribution in [1.82, 2.24) is 4.90 Å². The normalized spacial score (nSPS) is 7.20. The predicted octanol–water partition coefficient (Wildman–Crippen LogP) is 0.175. The van der Waals surface area contributed by atoms with E-state index in [1.807, 2.05) is 26.0 Å². The van der Waals surface area contributed by atoms with E-state index in [2.05, 4.69) is 0 Å². The fourth-order valence-electron chi connectivity index (χ4n) is 0. The average Bonchev–Trinajstić information content (AvgIpc) is 0.811. The largest absolute Gasteiger partial charge is 1.00 e. The summed E-state index contributed by atoms with van der Waals surface area (Å²) in [6.07, 6.45) is 0. The minimum Gasteiger partial charge on any atom is -0.312 e. The molecule has 2 heteroatoms. The molecule has 0 N–H and O–H groups in total. The zero-order chi connectivity index (χ0) is 3.58. The van der Waals surface area contributed by atoms with Gasteiger partial charge in [-0.05, 0) is 21.1 Å². The van der Waals surface area contributed by atoms with Crippen molar-refractivity contribution in [3.05, 3.63) is 0 Å². The molecule has 0 aromatic rings. The summed E-state index contributed by atoms with van der Waals surface area (Å²) < 4.78 is 0. The van der Waals surface area contributed by atoms with Crippen LogP contribution in [0.4, 0.5) is 0 Å². The molecule has 0 aromatic heterocycles. The molecule has 0 aliphatic rings. The minimum atomic E-state index is 0. The van der Waals surface area contributed by atoms with Crippen LogP contribution in [-0.2, 0) is 19.5 Å². The summed E-state index contributed by atoms with van der Waals surface area (Å²) in [6.45, 7) is 0. The van der Waals surface area contributed by atoms with Crippen molar-refractivity contribution < 1.29 is 19.5 Å². The van der Waals surface area contributed by atoms with E-state index in [-0.39, 0.29) is 19.5 Å². The Morgan fingerprint density at radius 1 is 1.00 bits per heavy atom. The molecule has 0 aliphatic carbocycles. The van der Waals surface area contributed by atoms with Gasteiger partial charge in [0.15, 0.2) is 0 Å². The first-order valence-corrected chi connectivity index (χ1v) is 1.34. The van der Waals surface area contributed by atoms with Crippen LogP contribution < -0.4 is 0 Å². The van der Waals surface area contributed by atoms with Crippen molar-refractivity contribution in [2.75, 3.05) is 21.1 Å². The molecule has 1 radical (unpaired) electrons. The van der Waals surface area contributed by atoms with E-state index in [9.17, 15) is 0 Å². The van der Waals surface area contributed by atoms with Gasteiger partial charge in [0.25, 0.3) is 0 Å². The Balaban J connectivity index is 0. The van der Waals surface area contributed by atoms with Crippen molar-refractivity contribution in [2.45, 2.75) is 0 Å². The van der Waals surface area contributed by atoms with E-state index < -0.39 is 0 Å². The number of nitrogens with zero attached hydrogens (tertiary/aromatic N) is 1. The van der Waals surface area contributed by atoms with Crippen LogP contribution in [0.1, 0.15) is 0 Å². The second-order valence-corrected chi connectivity index (χ2v) is 1.34. The van der Waals surface area contributed by atoms with Gasteiger partial charge in [0.1, 0.15) is 0 Å². The molecule has 1 nitrogen and oxygen atoms in total. The van der Waals surface area contributed by atoms with E-state index in [0.717, 1.165) is 0 Å². The zero-order valence-electron chi connectivity index (χ0n) is 3.80. The average molecular weight is 160 g/mol. The van der Waals surface area contributed by atoms with Crippen molar-refractivity contribution >= 4 is 0 Å². The SMILES string of the molecule is CN(C)C.[Ru+]. The Hall–Kier alpha value is 0.583. The van der Waals surface area contributed by atoms with E-state index in [0.29, 0.717) is 0 Å². The molecule has 0 spiro atoms. The first-order valence-electron chi connectivity index (χ1n) is 1.34. The predicted molar refractivity (Wildman–Crippen MR) is 19.6 cm³/mol. The third-order valence-electron chi connectivity index (χ3n) is 0. The molecule has 0 bridgehead atoms. The summed E-state index contributed by atoms with van der Waals surface area (Å²) in [4.78, 5) is 2.00. The van der Waals surface area contributed by atoms with Gasteiger partial charge < -0.3 is 4.90 Å². The molecule has 5 heavy (non-hydrogen) atoms. The second-order valence-electron chi connectivity index (χ2n) is 1.34. The Kier molecular flexibility index (Phi) is 8.37. The second kappa shape index (κ2) is 4.58. The van der Waals surface area contributed by atoms with Gasteiger partial charge in [0.05, 0.1) is 0 Å². The summed E-state index contributed by atoms with van der Waals surface area (Å²) in [6, 6.07) is 0. The summed E-state index contributed by atoms with van der Waals surface area (Å²) in [7, 11) is 6.00. The summed E-state index contributed by atoms with van der Waals surface area (Å²) >= 11 is 0. The topological polar surface area (TPSA) is 3.24 Å². The van der Waals surface area contributed by atoms with E-state index in [1.54, 1.807) is 0 Å². The molecule has 0 saturated carbocycles. The van der Waals surface area contributed by atoms with Crippen LogP contribution in [-0.4, -0.2) is 26.0 Å². The summed E-state index contributed by atoms with van der Waals surface area (Å²) in [5.74, 6) is 0. The quantitative estimate of drug-likeness (QED) is 0.457. The molecule has 0 heterocycles. The van der Waals surface area contributed by atoms with Crippen molar-refractivity contribution in [1.29, 1.82) is 0 Å². The Morgan fingerprint density at radius 2 is 1.00 bits per heavy atom. The van der Waals surface area contributed by atoms with Crippen LogP contribution in [0.15, 0.2) is 0 Å². The van der Waals surface area contributed by atoms with Crippen LogP contribution in [0.2, 0.25) is 0 Å². The maximum absolute atomic E-state index is 2.00. The Morgan fingerprint density at radius 3 is 1.00 bits per heavy atom. The maximum Gasteiger partial charge on any atom is 1.00 e. The summed E-state index contributed by atoms with van der Waals surface area (Å²) in [5.41, 5.74) is 0. The van der Waals surface area contributed by atoms with E-state index >= 15 is 0 Å². The van der Waals surface area contributed by atoms with Crippen LogP contribution >= 0.6 is 0 Å². The van der Waals surface area contributed by atoms with Crippen molar-refractivity contribution in [2.24, 2.45) is 0 Å². The number of hydrogen-bond donors (Lipinski definition) is 0. The summed E-state index contributed by atoms with van der Waals surface area (Å²) in [5, 5.41) is 0. The fourth-order valence-corrected chi connectivity index (χ4v) is 0. The molecule has 0 fully saturated rings. The Bertz CT molecular complexity index is 11.6. The monoisotopic (exact) mass is 161 g/mol. The molecule has 0 rings (SSSR count). The molecular formula is C3H9NRu+. The Labute approximate surface area is 46.1 Å². The van der Waals surface area contributed by atoms with Crippen LogP contribution in [0, 0.1) is 0 Å². The van der Waals surface area contributed by atoms with Crippen LogP contribution in [0.5, 0.6) is 0 Å². The van der Waals surface area contributed by atoms with Crippen LogP contribution in [0.3, 0.4) is 0 Å². The molecular weight excluding hydrogens is 151 g/mol. The van der Waals surface area contributed by atoms with Crippen LogP contribution in [0.25, 0.3) is 0 Å². The smallest absolute Gasteiger partial charge is 0.312 e. The number of rotatable bonds is 0. The van der Waals surface area contributed by atoms with Crippen molar-refractivity contribution in [3.8, 4) is 0 Å². The van der Waals surface area contributed by atoms with Gasteiger partial charge in [-0.3, -0.25) is 0 Å². The van der Waals surface area contributed by atoms with Gasteiger partial charge in [0, 0.05) is 0 Å². The molecule has 0 saturated heterocycles. The molecule has 0 aliphatic heterocycles. The van der Waals surface area contributed by atoms with E-state index in [4.69, 9.17) is 0 Å². The molecule has 0 aromatic carbocycles. The minimum absolute atomic E-state index is 0. The standard InChI is InChI=1S/C3H9N.Ru/c1-4(2)3;/h1-3H3;/q;+1. The third-order valence-corrected chi connectivity index (χ3v) is 0. The molecule has 0 amide bonds. The maximum atomic E-state index is 2.00. The van der Waals surface area contributed by atoms with Gasteiger partial charge in [-0.25, -0.2) is 0 Å². The van der Waals surface area contributed by atoms with Gasteiger partial charge in [-0.15, -0.1) is 0 Å². The zero-order valence-corrected chi connectivity index (χ0v) is 5.54. The van der Waals surface area contributed by atoms with Gasteiger partial charge in [-0.2, -0.15) is 0 Å². The first-order chi connectivity index (χ1) is 1.73. The first kappa shape index (κ1) is 9.13. The molecule has 0 atom stereocenters. The van der Waals surface area contributed by atoms with E-state index in [1.165, 1.54) is 0 Å². The van der Waals surface area contributed by atoms with Gasteiger partial charge in [0.2, 0.25) is 0 Å². The third kappa shape index (κ3) is 89.9.